The van der Waals surface area contributed by atoms with Crippen molar-refractivity contribution in [2.24, 2.45) is 0 Å². The number of hydrogen-bond acceptors (Lipinski definition) is 3. The van der Waals surface area contributed by atoms with Crippen LogP contribution in [0.4, 0.5) is 0 Å². The third-order valence-electron chi connectivity index (χ3n) is 4.50. The van der Waals surface area contributed by atoms with Crippen molar-refractivity contribution < 1.29 is 9.90 Å². The number of aromatic amines is 1. The number of H-pyrrole nitrogens is 1. The number of rotatable bonds is 6. The van der Waals surface area contributed by atoms with Gasteiger partial charge in [0.1, 0.15) is 11.6 Å². The van der Waals surface area contributed by atoms with Crippen LogP contribution in [-0.2, 0) is 11.3 Å². The number of nitrogens with zero attached hydrogens (tertiary/aromatic N) is 2. The zero-order valence-corrected chi connectivity index (χ0v) is 16.1. The number of carbonyl (C=O) groups excluding carboxylic acids is 1. The predicted molar refractivity (Wildman–Crippen MR) is 106 cm³/mol. The maximum atomic E-state index is 12.9. The van der Waals surface area contributed by atoms with Gasteiger partial charge in [-0.25, -0.2) is 4.98 Å². The number of nitrogens with one attached hydrogen (secondary N) is 1. The Morgan fingerprint density at radius 2 is 2.04 bits per heavy atom. The van der Waals surface area contributed by atoms with Gasteiger partial charge < -0.3 is 15.0 Å². The molecular formula is C21H22ClN3O2. The smallest absolute Gasteiger partial charge is 0.223 e. The molecule has 140 valence electrons. The molecule has 0 spiro atoms. The topological polar surface area (TPSA) is 69.2 Å². The number of aryl methyl sites for hydroxylation is 1. The van der Waals surface area contributed by atoms with Crippen LogP contribution in [0.15, 0.2) is 54.7 Å². The molecule has 0 aliphatic heterocycles. The van der Waals surface area contributed by atoms with Crippen molar-refractivity contribution in [1.29, 1.82) is 0 Å². The Labute approximate surface area is 163 Å². The lowest BCUT2D eigenvalue weighted by molar-refractivity contribution is -0.130. The van der Waals surface area contributed by atoms with Gasteiger partial charge in [-0.1, -0.05) is 41.9 Å². The molecule has 0 radical (unpaired) electrons. The maximum Gasteiger partial charge on any atom is 0.223 e. The van der Waals surface area contributed by atoms with Crippen LogP contribution in [0.1, 0.15) is 35.0 Å². The Balaban J connectivity index is 1.85. The van der Waals surface area contributed by atoms with E-state index in [4.69, 9.17) is 11.6 Å². The molecule has 0 bridgehead atoms. The van der Waals surface area contributed by atoms with Crippen LogP contribution >= 0.6 is 11.6 Å². The van der Waals surface area contributed by atoms with Crippen molar-refractivity contribution in [2.75, 3.05) is 7.05 Å². The van der Waals surface area contributed by atoms with E-state index in [1.165, 1.54) is 0 Å². The van der Waals surface area contributed by atoms with Crippen LogP contribution in [0, 0.1) is 6.92 Å². The molecule has 0 aliphatic carbocycles. The zero-order chi connectivity index (χ0) is 19.4. The lowest BCUT2D eigenvalue weighted by Gasteiger charge is -2.23. The molecule has 1 amide bonds. The average molecular weight is 384 g/mol. The zero-order valence-electron chi connectivity index (χ0n) is 15.3. The Morgan fingerprint density at radius 1 is 1.26 bits per heavy atom. The SMILES string of the molecule is Cc1cnc(CN(C)C(=O)C[C@@H](c2cccc(O)c2)c2ccccc2Cl)[nH]1. The number of phenols is 1. The van der Waals surface area contributed by atoms with Crippen LogP contribution in [0.25, 0.3) is 0 Å². The van der Waals surface area contributed by atoms with Crippen LogP contribution in [0.3, 0.4) is 0 Å². The number of amides is 1. The van der Waals surface area contributed by atoms with E-state index in [-0.39, 0.29) is 24.0 Å². The minimum atomic E-state index is -0.251. The van der Waals surface area contributed by atoms with Crippen LogP contribution in [0.2, 0.25) is 5.02 Å². The van der Waals surface area contributed by atoms with E-state index >= 15 is 0 Å². The predicted octanol–water partition coefficient (Wildman–Crippen LogP) is 4.26. The molecule has 0 saturated carbocycles. The summed E-state index contributed by atoms with van der Waals surface area (Å²) in [6, 6.07) is 14.4. The molecule has 27 heavy (non-hydrogen) atoms. The van der Waals surface area contributed by atoms with Gasteiger partial charge >= 0.3 is 0 Å². The van der Waals surface area contributed by atoms with E-state index in [0.29, 0.717) is 11.6 Å². The molecular weight excluding hydrogens is 362 g/mol. The van der Waals surface area contributed by atoms with Crippen molar-refractivity contribution in [3.05, 3.63) is 82.4 Å². The summed E-state index contributed by atoms with van der Waals surface area (Å²) < 4.78 is 0. The summed E-state index contributed by atoms with van der Waals surface area (Å²) in [7, 11) is 1.76. The van der Waals surface area contributed by atoms with Crippen molar-refractivity contribution in [3.8, 4) is 5.75 Å². The van der Waals surface area contributed by atoms with Gasteiger partial charge in [-0.05, 0) is 36.2 Å². The van der Waals surface area contributed by atoms with Gasteiger partial charge in [0.15, 0.2) is 0 Å². The molecule has 3 rings (SSSR count). The van der Waals surface area contributed by atoms with Crippen molar-refractivity contribution in [1.82, 2.24) is 14.9 Å². The number of phenolic OH excluding ortho intramolecular Hbond substituents is 1. The third kappa shape index (κ3) is 4.68. The van der Waals surface area contributed by atoms with E-state index in [9.17, 15) is 9.90 Å². The van der Waals surface area contributed by atoms with Gasteiger partial charge in [-0.2, -0.15) is 0 Å². The molecule has 6 heteroatoms. The standard InChI is InChI=1S/C21H22ClN3O2/c1-14-12-23-20(24-14)13-25(2)21(27)11-18(15-6-5-7-16(26)10-15)17-8-3-4-9-19(17)22/h3-10,12,18,26H,11,13H2,1-2H3,(H,23,24)/t18-/m0/s1. The van der Waals surface area contributed by atoms with Gasteiger partial charge in [0.2, 0.25) is 5.91 Å². The first-order chi connectivity index (χ1) is 12.9. The van der Waals surface area contributed by atoms with E-state index in [1.807, 2.05) is 37.3 Å². The number of benzene rings is 2. The fraction of sp³-hybridized carbons (Fsp3) is 0.238. The lowest BCUT2D eigenvalue weighted by Crippen LogP contribution is -2.28. The summed E-state index contributed by atoms with van der Waals surface area (Å²) in [4.78, 5) is 21.9. The van der Waals surface area contributed by atoms with Gasteiger partial charge in [-0.3, -0.25) is 4.79 Å². The number of carbonyl (C=O) groups is 1. The van der Waals surface area contributed by atoms with Crippen molar-refractivity contribution >= 4 is 17.5 Å². The molecule has 2 N–H and O–H groups in total. The molecule has 1 atom stereocenters. The largest absolute Gasteiger partial charge is 0.508 e. The second kappa shape index (κ2) is 8.27. The number of hydrogen-bond donors (Lipinski definition) is 2. The van der Waals surface area contributed by atoms with Gasteiger partial charge in [0.05, 0.1) is 6.54 Å². The highest BCUT2D eigenvalue weighted by atomic mass is 35.5. The molecule has 1 aromatic heterocycles. The highest BCUT2D eigenvalue weighted by Crippen LogP contribution is 2.34. The first-order valence-electron chi connectivity index (χ1n) is 8.72. The molecule has 2 aromatic carbocycles. The summed E-state index contributed by atoms with van der Waals surface area (Å²) in [5.74, 6) is 0.628. The van der Waals surface area contributed by atoms with Crippen molar-refractivity contribution in [3.63, 3.8) is 0 Å². The summed E-state index contributed by atoms with van der Waals surface area (Å²) >= 11 is 6.40. The number of aromatic hydroxyl groups is 1. The average Bonchev–Trinajstić information content (AvgIpc) is 3.05. The second-order valence-electron chi connectivity index (χ2n) is 6.64. The second-order valence-corrected chi connectivity index (χ2v) is 7.04. The number of halogens is 1. The first-order valence-corrected chi connectivity index (χ1v) is 9.09. The van der Waals surface area contributed by atoms with E-state index in [0.717, 1.165) is 22.6 Å². The highest BCUT2D eigenvalue weighted by molar-refractivity contribution is 6.31. The maximum absolute atomic E-state index is 12.9. The number of imidazole rings is 1. The Bertz CT molecular complexity index is 938. The van der Waals surface area contributed by atoms with E-state index in [2.05, 4.69) is 9.97 Å². The minimum Gasteiger partial charge on any atom is -0.508 e. The lowest BCUT2D eigenvalue weighted by atomic mass is 9.88. The fourth-order valence-electron chi connectivity index (χ4n) is 3.10. The Kier molecular flexibility index (Phi) is 5.81. The fourth-order valence-corrected chi connectivity index (χ4v) is 3.36. The Hall–Kier alpha value is -2.79. The highest BCUT2D eigenvalue weighted by Gasteiger charge is 2.23. The van der Waals surface area contributed by atoms with Crippen LogP contribution in [0.5, 0.6) is 5.75 Å². The minimum absolute atomic E-state index is 0.0303. The Morgan fingerprint density at radius 3 is 2.70 bits per heavy atom. The number of aromatic nitrogens is 2. The molecule has 0 unspecified atom stereocenters. The van der Waals surface area contributed by atoms with Crippen LogP contribution < -0.4 is 0 Å². The summed E-state index contributed by atoms with van der Waals surface area (Å²) in [6.45, 7) is 2.33. The molecule has 3 aromatic rings. The van der Waals surface area contributed by atoms with E-state index in [1.54, 1.807) is 36.3 Å². The molecule has 1 heterocycles. The monoisotopic (exact) mass is 383 g/mol. The third-order valence-corrected chi connectivity index (χ3v) is 4.84. The van der Waals surface area contributed by atoms with E-state index < -0.39 is 0 Å². The molecule has 0 saturated heterocycles. The molecule has 0 aliphatic rings. The van der Waals surface area contributed by atoms with Crippen molar-refractivity contribution in [2.45, 2.75) is 25.8 Å². The quantitative estimate of drug-likeness (QED) is 0.668. The summed E-state index contributed by atoms with van der Waals surface area (Å²) in [5.41, 5.74) is 2.67. The van der Waals surface area contributed by atoms with Gasteiger partial charge in [0.25, 0.3) is 0 Å². The molecule has 5 nitrogen and oxygen atoms in total. The normalized spacial score (nSPS) is 12.0. The first kappa shape index (κ1) is 19.0. The van der Waals surface area contributed by atoms with Crippen LogP contribution in [-0.4, -0.2) is 32.9 Å². The van der Waals surface area contributed by atoms with Gasteiger partial charge in [0, 0.05) is 36.3 Å². The summed E-state index contributed by atoms with van der Waals surface area (Å²) in [6.07, 6.45) is 1.98. The summed E-state index contributed by atoms with van der Waals surface area (Å²) in [5, 5.41) is 10.5. The van der Waals surface area contributed by atoms with Gasteiger partial charge in [-0.15, -0.1) is 0 Å². The molecule has 0 fully saturated rings.